The highest BCUT2D eigenvalue weighted by Crippen LogP contribution is 2.30. The molecule has 7 nitrogen and oxygen atoms in total. The van der Waals surface area contributed by atoms with Crippen LogP contribution in [0.25, 0.3) is 6.08 Å². The number of carbonyl (C=O) groups is 3. The first-order chi connectivity index (χ1) is 24.3. The van der Waals surface area contributed by atoms with Gasteiger partial charge in [0.2, 0.25) is 5.91 Å². The fourth-order valence-electron chi connectivity index (χ4n) is 5.25. The molecule has 1 atom stereocenters. The van der Waals surface area contributed by atoms with Crippen LogP contribution >= 0.6 is 11.8 Å². The maximum Gasteiger partial charge on any atom is 0.272 e. The smallest absolute Gasteiger partial charge is 0.272 e. The number of aryl methyl sites for hydroxylation is 2. The van der Waals surface area contributed by atoms with E-state index >= 15 is 0 Å². The van der Waals surface area contributed by atoms with Crippen LogP contribution in [0, 0.1) is 6.92 Å². The number of benzene rings is 5. The third kappa shape index (κ3) is 9.96. The van der Waals surface area contributed by atoms with Crippen molar-refractivity contribution in [3.63, 3.8) is 0 Å². The predicted octanol–water partition coefficient (Wildman–Crippen LogP) is 9.06. The Bertz CT molecular complexity index is 1940. The molecule has 0 spiro atoms. The summed E-state index contributed by atoms with van der Waals surface area (Å²) in [6.07, 6.45) is 3.07. The van der Waals surface area contributed by atoms with Crippen LogP contribution in [0.1, 0.15) is 52.9 Å². The number of anilines is 2. The molecule has 254 valence electrons. The minimum absolute atomic E-state index is 0.0683. The SMILES string of the molecule is CCc1cccc(C)c1NC(=O)C(CC)Sc1cccc(NC(=O)/C(=C\c2ccc(OCc3ccccc3)cc2)NC(=O)c2ccccc2)c1. The summed E-state index contributed by atoms with van der Waals surface area (Å²) >= 11 is 1.44. The van der Waals surface area contributed by atoms with E-state index in [1.165, 1.54) is 11.8 Å². The average Bonchev–Trinajstić information content (AvgIpc) is 3.14. The quantitative estimate of drug-likeness (QED) is 0.0802. The molecule has 0 radical (unpaired) electrons. The Morgan fingerprint density at radius 2 is 1.48 bits per heavy atom. The zero-order valence-electron chi connectivity index (χ0n) is 28.4. The Balaban J connectivity index is 1.30. The lowest BCUT2D eigenvalue weighted by molar-refractivity contribution is -0.116. The molecular formula is C42H41N3O4S. The topological polar surface area (TPSA) is 96.5 Å². The van der Waals surface area contributed by atoms with Crippen LogP contribution in [0.2, 0.25) is 0 Å². The van der Waals surface area contributed by atoms with Crippen molar-refractivity contribution in [1.82, 2.24) is 5.32 Å². The first-order valence-corrected chi connectivity index (χ1v) is 17.5. The molecule has 0 saturated heterocycles. The summed E-state index contributed by atoms with van der Waals surface area (Å²) in [7, 11) is 0. The van der Waals surface area contributed by atoms with E-state index < -0.39 is 11.8 Å². The average molecular weight is 684 g/mol. The van der Waals surface area contributed by atoms with Crippen LogP contribution in [-0.2, 0) is 22.6 Å². The molecule has 0 bridgehead atoms. The number of hydrogen-bond acceptors (Lipinski definition) is 5. The minimum Gasteiger partial charge on any atom is -0.489 e. The summed E-state index contributed by atoms with van der Waals surface area (Å²) < 4.78 is 5.91. The largest absolute Gasteiger partial charge is 0.489 e. The molecule has 0 heterocycles. The highest BCUT2D eigenvalue weighted by Gasteiger charge is 2.21. The summed E-state index contributed by atoms with van der Waals surface area (Å²) in [5, 5.41) is 8.53. The van der Waals surface area contributed by atoms with Gasteiger partial charge in [0.05, 0.1) is 5.25 Å². The predicted molar refractivity (Wildman–Crippen MR) is 203 cm³/mol. The van der Waals surface area contributed by atoms with Crippen molar-refractivity contribution in [3.8, 4) is 5.75 Å². The normalized spacial score (nSPS) is 11.7. The fraction of sp³-hybridized carbons (Fsp3) is 0.167. The number of thioether (sulfide) groups is 1. The number of para-hydroxylation sites is 1. The first kappa shape index (κ1) is 35.7. The number of ether oxygens (including phenoxy) is 1. The van der Waals surface area contributed by atoms with Gasteiger partial charge in [-0.15, -0.1) is 11.8 Å². The molecule has 1 unspecified atom stereocenters. The Labute approximate surface area is 298 Å². The van der Waals surface area contributed by atoms with E-state index in [2.05, 4.69) is 22.9 Å². The van der Waals surface area contributed by atoms with Crippen LogP contribution < -0.4 is 20.7 Å². The highest BCUT2D eigenvalue weighted by atomic mass is 32.2. The van der Waals surface area contributed by atoms with E-state index in [1.807, 2.05) is 111 Å². The number of nitrogens with one attached hydrogen (secondary N) is 3. The summed E-state index contributed by atoms with van der Waals surface area (Å²) in [4.78, 5) is 41.1. The molecule has 0 aromatic heterocycles. The third-order valence-electron chi connectivity index (χ3n) is 7.99. The molecule has 3 amide bonds. The van der Waals surface area contributed by atoms with Gasteiger partial charge >= 0.3 is 0 Å². The maximum atomic E-state index is 13.7. The summed E-state index contributed by atoms with van der Waals surface area (Å²) in [5.74, 6) is -0.280. The van der Waals surface area contributed by atoms with Crippen LogP contribution in [0.15, 0.2) is 138 Å². The van der Waals surface area contributed by atoms with Crippen molar-refractivity contribution in [2.24, 2.45) is 0 Å². The lowest BCUT2D eigenvalue weighted by Gasteiger charge is -2.18. The van der Waals surface area contributed by atoms with Gasteiger partial charge in [-0.05, 0) is 90.6 Å². The van der Waals surface area contributed by atoms with Crippen molar-refractivity contribution in [3.05, 3.63) is 161 Å². The van der Waals surface area contributed by atoms with Crippen LogP contribution in [-0.4, -0.2) is 23.0 Å². The maximum absolute atomic E-state index is 13.7. The van der Waals surface area contributed by atoms with Gasteiger partial charge in [-0.3, -0.25) is 14.4 Å². The lowest BCUT2D eigenvalue weighted by atomic mass is 10.1. The van der Waals surface area contributed by atoms with Crippen molar-refractivity contribution in [1.29, 1.82) is 0 Å². The zero-order valence-corrected chi connectivity index (χ0v) is 29.3. The van der Waals surface area contributed by atoms with Crippen molar-refractivity contribution in [2.75, 3.05) is 10.6 Å². The summed E-state index contributed by atoms with van der Waals surface area (Å²) in [6.45, 7) is 6.49. The number of rotatable bonds is 14. The Morgan fingerprint density at radius 1 is 0.780 bits per heavy atom. The third-order valence-corrected chi connectivity index (χ3v) is 9.35. The van der Waals surface area contributed by atoms with Crippen molar-refractivity contribution < 1.29 is 19.1 Å². The van der Waals surface area contributed by atoms with Gasteiger partial charge < -0.3 is 20.7 Å². The number of carbonyl (C=O) groups excluding carboxylic acids is 3. The molecule has 5 aromatic carbocycles. The molecule has 5 aromatic rings. The van der Waals surface area contributed by atoms with E-state index in [1.54, 1.807) is 36.4 Å². The molecule has 3 N–H and O–H groups in total. The van der Waals surface area contributed by atoms with E-state index in [-0.39, 0.29) is 16.9 Å². The first-order valence-electron chi connectivity index (χ1n) is 16.6. The van der Waals surface area contributed by atoms with Crippen LogP contribution in [0.3, 0.4) is 0 Å². The van der Waals surface area contributed by atoms with Crippen molar-refractivity contribution >= 4 is 46.9 Å². The molecule has 0 aliphatic rings. The second-order valence-electron chi connectivity index (χ2n) is 11.7. The molecule has 8 heteroatoms. The Hall–Kier alpha value is -5.60. The molecule has 0 fully saturated rings. The van der Waals surface area contributed by atoms with Gasteiger partial charge in [-0.25, -0.2) is 0 Å². The second-order valence-corrected chi connectivity index (χ2v) is 12.9. The van der Waals surface area contributed by atoms with Gasteiger partial charge in [0.1, 0.15) is 18.1 Å². The van der Waals surface area contributed by atoms with Gasteiger partial charge in [0.25, 0.3) is 11.8 Å². The molecule has 0 saturated carbocycles. The molecule has 5 rings (SSSR count). The second kappa shape index (κ2) is 17.7. The minimum atomic E-state index is -0.489. The van der Waals surface area contributed by atoms with Crippen LogP contribution in [0.5, 0.6) is 5.75 Å². The van der Waals surface area contributed by atoms with Crippen LogP contribution in [0.4, 0.5) is 11.4 Å². The number of amides is 3. The monoisotopic (exact) mass is 683 g/mol. The fourth-order valence-corrected chi connectivity index (χ4v) is 6.26. The van der Waals surface area contributed by atoms with Crippen molar-refractivity contribution in [2.45, 2.75) is 50.4 Å². The van der Waals surface area contributed by atoms with Gasteiger partial charge in [0.15, 0.2) is 0 Å². The van der Waals surface area contributed by atoms with Gasteiger partial charge in [-0.1, -0.05) is 98.8 Å². The summed E-state index contributed by atoms with van der Waals surface area (Å²) in [5.41, 5.74) is 5.79. The van der Waals surface area contributed by atoms with E-state index in [4.69, 9.17) is 4.74 Å². The molecule has 50 heavy (non-hydrogen) atoms. The highest BCUT2D eigenvalue weighted by molar-refractivity contribution is 8.00. The van der Waals surface area contributed by atoms with E-state index in [0.717, 1.165) is 33.7 Å². The van der Waals surface area contributed by atoms with Gasteiger partial charge in [0, 0.05) is 21.8 Å². The van der Waals surface area contributed by atoms with E-state index in [9.17, 15) is 14.4 Å². The lowest BCUT2D eigenvalue weighted by Crippen LogP contribution is -2.30. The molecule has 0 aliphatic heterocycles. The van der Waals surface area contributed by atoms with E-state index in [0.29, 0.717) is 35.6 Å². The zero-order chi connectivity index (χ0) is 35.3. The molecular weight excluding hydrogens is 643 g/mol. The number of hydrogen-bond donors (Lipinski definition) is 3. The Kier molecular flexibility index (Phi) is 12.6. The Morgan fingerprint density at radius 3 is 2.18 bits per heavy atom. The standard InChI is InChI=1S/C42H41N3O4S/c1-4-32-19-12-14-29(3)39(32)45-42(48)38(5-2)50-36-21-13-20-34(27-36)43-41(47)37(44-40(46)33-17-10-7-11-18-33)26-30-22-24-35(25-23-30)49-28-31-15-8-6-9-16-31/h6-27,38H,4-5,28H2,1-3H3,(H,43,47)(H,44,46)(H,45,48)/b37-26+. The molecule has 0 aliphatic carbocycles. The van der Waals surface area contributed by atoms with Gasteiger partial charge in [-0.2, -0.15) is 0 Å². The summed E-state index contributed by atoms with van der Waals surface area (Å²) in [6, 6.07) is 39.3.